The molecule has 0 saturated heterocycles. The van der Waals surface area contributed by atoms with E-state index < -0.39 is 0 Å². The summed E-state index contributed by atoms with van der Waals surface area (Å²) in [6.07, 6.45) is 10.8. The Kier molecular flexibility index (Phi) is 3.31. The average Bonchev–Trinajstić information content (AvgIpc) is 2.27. The van der Waals surface area contributed by atoms with Gasteiger partial charge in [0.1, 0.15) is 5.70 Å². The van der Waals surface area contributed by atoms with Gasteiger partial charge in [-0.2, -0.15) is 0 Å². The molecule has 0 amide bonds. The predicted octanol–water partition coefficient (Wildman–Crippen LogP) is 3.02. The summed E-state index contributed by atoms with van der Waals surface area (Å²) in [5.74, 6) is 0. The van der Waals surface area contributed by atoms with E-state index in [2.05, 4.69) is 23.7 Å². The summed E-state index contributed by atoms with van der Waals surface area (Å²) in [4.78, 5) is 4.24. The van der Waals surface area contributed by atoms with E-state index >= 15 is 0 Å². The lowest BCUT2D eigenvalue weighted by molar-refractivity contribution is 1.21. The summed E-state index contributed by atoms with van der Waals surface area (Å²) < 4.78 is 0. The standard InChI is InChI=1S/C11H13N/c1-3-4-7-11-8-5-6-10(2)9-12-11/h4-7,9H,3H2,1-2H3/b7-4+. The Balaban J connectivity index is 2.77. The minimum absolute atomic E-state index is 0.893. The highest BCUT2D eigenvalue weighted by Crippen LogP contribution is 2.02. The second kappa shape index (κ2) is 4.53. The zero-order chi connectivity index (χ0) is 8.81. The summed E-state index contributed by atoms with van der Waals surface area (Å²) in [5.41, 5.74) is 5.13. The first-order valence-electron chi connectivity index (χ1n) is 4.17. The molecule has 1 heterocycles. The van der Waals surface area contributed by atoms with E-state index in [4.69, 9.17) is 0 Å². The smallest absolute Gasteiger partial charge is 0.105 e. The SMILES string of the molecule is CC/C=C/C1=C=CC=C(C)C=N1. The molecule has 0 bridgehead atoms. The molecule has 0 atom stereocenters. The maximum atomic E-state index is 4.24. The Hall–Kier alpha value is -1.33. The Labute approximate surface area is 73.5 Å². The topological polar surface area (TPSA) is 12.4 Å². The molecule has 0 aliphatic carbocycles. The fourth-order valence-corrected chi connectivity index (χ4v) is 0.831. The highest BCUT2D eigenvalue weighted by molar-refractivity contribution is 5.79. The molecule has 1 aliphatic heterocycles. The monoisotopic (exact) mass is 159 g/mol. The molecule has 0 aromatic rings. The van der Waals surface area contributed by atoms with E-state index in [1.807, 2.05) is 31.4 Å². The number of aliphatic imine (C=N–C) groups is 1. The van der Waals surface area contributed by atoms with Crippen LogP contribution in [-0.2, 0) is 0 Å². The van der Waals surface area contributed by atoms with Crippen molar-refractivity contribution in [3.8, 4) is 0 Å². The molecule has 12 heavy (non-hydrogen) atoms. The molecule has 0 fully saturated rings. The zero-order valence-corrected chi connectivity index (χ0v) is 7.54. The summed E-state index contributed by atoms with van der Waals surface area (Å²) in [5, 5.41) is 0. The summed E-state index contributed by atoms with van der Waals surface area (Å²) in [6.45, 7) is 4.12. The van der Waals surface area contributed by atoms with Crippen molar-refractivity contribution in [1.82, 2.24) is 0 Å². The minimum Gasteiger partial charge on any atom is -0.248 e. The third kappa shape index (κ3) is 2.73. The third-order valence-electron chi connectivity index (χ3n) is 1.50. The quantitative estimate of drug-likeness (QED) is 0.549. The first-order chi connectivity index (χ1) is 5.83. The number of nitrogens with zero attached hydrogens (tertiary/aromatic N) is 1. The highest BCUT2D eigenvalue weighted by atomic mass is 14.7. The van der Waals surface area contributed by atoms with Crippen LogP contribution in [0.15, 0.2) is 46.3 Å². The Morgan fingerprint density at radius 2 is 2.42 bits per heavy atom. The number of allylic oxidation sites excluding steroid dienone is 4. The molecule has 1 nitrogen and oxygen atoms in total. The van der Waals surface area contributed by atoms with Crippen LogP contribution in [0.2, 0.25) is 0 Å². The summed E-state index contributed by atoms with van der Waals surface area (Å²) in [6, 6.07) is 0. The maximum Gasteiger partial charge on any atom is 0.105 e. The molecule has 0 N–H and O–H groups in total. The van der Waals surface area contributed by atoms with Gasteiger partial charge in [-0.05, 0) is 37.1 Å². The third-order valence-corrected chi connectivity index (χ3v) is 1.50. The van der Waals surface area contributed by atoms with Gasteiger partial charge >= 0.3 is 0 Å². The highest BCUT2D eigenvalue weighted by Gasteiger charge is 1.87. The largest absolute Gasteiger partial charge is 0.248 e. The van der Waals surface area contributed by atoms with Gasteiger partial charge in [-0.15, -0.1) is 0 Å². The van der Waals surface area contributed by atoms with E-state index in [9.17, 15) is 0 Å². The van der Waals surface area contributed by atoms with Crippen LogP contribution in [0.1, 0.15) is 20.3 Å². The van der Waals surface area contributed by atoms with E-state index in [1.54, 1.807) is 0 Å². The lowest BCUT2D eigenvalue weighted by Gasteiger charge is -1.86. The van der Waals surface area contributed by atoms with Crippen molar-refractivity contribution in [1.29, 1.82) is 0 Å². The van der Waals surface area contributed by atoms with Crippen molar-refractivity contribution in [2.75, 3.05) is 0 Å². The van der Waals surface area contributed by atoms with Gasteiger partial charge in [-0.3, -0.25) is 0 Å². The number of rotatable bonds is 2. The van der Waals surface area contributed by atoms with E-state index in [1.165, 1.54) is 0 Å². The first-order valence-corrected chi connectivity index (χ1v) is 4.17. The molecule has 0 spiro atoms. The van der Waals surface area contributed by atoms with Crippen LogP contribution in [0.4, 0.5) is 0 Å². The van der Waals surface area contributed by atoms with Gasteiger partial charge in [-0.1, -0.05) is 18.7 Å². The molecule has 1 heteroatoms. The normalized spacial score (nSPS) is 16.2. The summed E-state index contributed by atoms with van der Waals surface area (Å²) in [7, 11) is 0. The lowest BCUT2D eigenvalue weighted by Crippen LogP contribution is -1.75. The van der Waals surface area contributed by atoms with Crippen LogP contribution in [0, 0.1) is 0 Å². The van der Waals surface area contributed by atoms with Gasteiger partial charge in [-0.25, -0.2) is 4.99 Å². The number of hydrogen-bond acceptors (Lipinski definition) is 1. The van der Waals surface area contributed by atoms with Crippen LogP contribution >= 0.6 is 0 Å². The van der Waals surface area contributed by atoms with Crippen LogP contribution in [-0.4, -0.2) is 6.21 Å². The van der Waals surface area contributed by atoms with Crippen molar-refractivity contribution in [2.24, 2.45) is 4.99 Å². The van der Waals surface area contributed by atoms with Crippen LogP contribution in [0.25, 0.3) is 0 Å². The molecule has 0 unspecified atom stereocenters. The molecule has 1 aliphatic rings. The van der Waals surface area contributed by atoms with Gasteiger partial charge in [0.2, 0.25) is 0 Å². The second-order valence-corrected chi connectivity index (χ2v) is 2.68. The van der Waals surface area contributed by atoms with Crippen molar-refractivity contribution in [3.05, 3.63) is 41.3 Å². The second-order valence-electron chi connectivity index (χ2n) is 2.68. The Morgan fingerprint density at radius 1 is 1.58 bits per heavy atom. The maximum absolute atomic E-state index is 4.24. The molecule has 62 valence electrons. The molecule has 1 rings (SSSR count). The van der Waals surface area contributed by atoms with E-state index in [0.717, 1.165) is 17.7 Å². The average molecular weight is 159 g/mol. The van der Waals surface area contributed by atoms with Crippen LogP contribution < -0.4 is 0 Å². The van der Waals surface area contributed by atoms with Gasteiger partial charge in [0.15, 0.2) is 0 Å². The van der Waals surface area contributed by atoms with Crippen LogP contribution in [0.5, 0.6) is 0 Å². The van der Waals surface area contributed by atoms with Gasteiger partial charge in [0, 0.05) is 6.21 Å². The van der Waals surface area contributed by atoms with Crippen LogP contribution in [0.3, 0.4) is 0 Å². The molecular weight excluding hydrogens is 146 g/mol. The Morgan fingerprint density at radius 3 is 3.17 bits per heavy atom. The minimum atomic E-state index is 0.893. The first kappa shape index (κ1) is 8.76. The summed E-state index contributed by atoms with van der Waals surface area (Å²) >= 11 is 0. The molecule has 0 aromatic carbocycles. The van der Waals surface area contributed by atoms with Crippen molar-refractivity contribution in [3.63, 3.8) is 0 Å². The fraction of sp³-hybridized carbons (Fsp3) is 0.273. The predicted molar refractivity (Wildman–Crippen MR) is 53.3 cm³/mol. The van der Waals surface area contributed by atoms with E-state index in [0.29, 0.717) is 0 Å². The molecule has 0 radical (unpaired) electrons. The van der Waals surface area contributed by atoms with Gasteiger partial charge < -0.3 is 0 Å². The fourth-order valence-electron chi connectivity index (χ4n) is 0.831. The van der Waals surface area contributed by atoms with E-state index in [-0.39, 0.29) is 0 Å². The van der Waals surface area contributed by atoms with Gasteiger partial charge in [0.25, 0.3) is 0 Å². The number of hydrogen-bond donors (Lipinski definition) is 0. The van der Waals surface area contributed by atoms with Crippen molar-refractivity contribution >= 4 is 6.21 Å². The Bertz CT molecular complexity index is 297. The van der Waals surface area contributed by atoms with Crippen molar-refractivity contribution < 1.29 is 0 Å². The van der Waals surface area contributed by atoms with Crippen molar-refractivity contribution in [2.45, 2.75) is 20.3 Å². The zero-order valence-electron chi connectivity index (χ0n) is 7.54. The lowest BCUT2D eigenvalue weighted by atomic mass is 10.3. The molecule has 0 saturated carbocycles. The van der Waals surface area contributed by atoms with Gasteiger partial charge in [0.05, 0.1) is 0 Å². The molecular formula is C11H13N. The molecule has 0 aromatic heterocycles.